The summed E-state index contributed by atoms with van der Waals surface area (Å²) in [7, 11) is 0. The highest BCUT2D eigenvalue weighted by molar-refractivity contribution is 5.95. The van der Waals surface area contributed by atoms with Crippen LogP contribution in [-0.2, 0) is 11.3 Å². The van der Waals surface area contributed by atoms with Gasteiger partial charge in [-0.1, -0.05) is 12.1 Å². The molecule has 32 heavy (non-hydrogen) atoms. The van der Waals surface area contributed by atoms with E-state index in [4.69, 9.17) is 0 Å². The number of halogens is 3. The number of carbonyl (C=O) groups is 1. The molecular formula is C23H20F3N3O3. The Hall–Kier alpha value is -3.67. The van der Waals surface area contributed by atoms with Crippen LogP contribution in [0.1, 0.15) is 18.4 Å². The molecule has 0 spiro atoms. The van der Waals surface area contributed by atoms with Crippen LogP contribution in [0.5, 0.6) is 5.75 Å². The summed E-state index contributed by atoms with van der Waals surface area (Å²) in [6, 6.07) is 13.6. The largest absolute Gasteiger partial charge is 0.447 e. The van der Waals surface area contributed by atoms with Gasteiger partial charge in [0.2, 0.25) is 0 Å². The highest BCUT2D eigenvalue weighted by Crippen LogP contribution is 2.39. The van der Waals surface area contributed by atoms with E-state index in [1.165, 1.54) is 12.1 Å². The summed E-state index contributed by atoms with van der Waals surface area (Å²) in [6.45, 7) is -3.38. The van der Waals surface area contributed by atoms with Crippen molar-refractivity contribution in [3.8, 4) is 23.1 Å². The fraction of sp³-hybridized carbons (Fsp3) is 0.304. The van der Waals surface area contributed by atoms with Crippen LogP contribution in [0.4, 0.5) is 23.7 Å². The molecule has 1 fully saturated rings. The molecule has 166 valence electrons. The Labute approximate surface area is 182 Å². The molecule has 0 unspecified atom stereocenters. The van der Waals surface area contributed by atoms with Crippen LogP contribution in [0.15, 0.2) is 42.5 Å². The van der Waals surface area contributed by atoms with Crippen LogP contribution in [0.3, 0.4) is 0 Å². The maximum Gasteiger partial charge on any atom is 0.411 e. The van der Waals surface area contributed by atoms with Crippen molar-refractivity contribution in [2.24, 2.45) is 5.92 Å². The molecule has 1 heterocycles. The number of nitrogens with zero attached hydrogens (tertiary/aromatic N) is 2. The quantitative estimate of drug-likeness (QED) is 0.484. The van der Waals surface area contributed by atoms with Crippen LogP contribution in [0, 0.1) is 17.2 Å². The zero-order valence-corrected chi connectivity index (χ0v) is 17.0. The Bertz CT molecular complexity index is 1170. The number of aromatic nitrogens is 1. The molecule has 0 atom stereocenters. The van der Waals surface area contributed by atoms with E-state index in [9.17, 15) is 23.2 Å². The van der Waals surface area contributed by atoms with E-state index in [0.717, 1.165) is 18.4 Å². The first-order valence-corrected chi connectivity index (χ1v) is 10.1. The Morgan fingerprint density at radius 1 is 1.22 bits per heavy atom. The summed E-state index contributed by atoms with van der Waals surface area (Å²) >= 11 is 0. The lowest BCUT2D eigenvalue weighted by Gasteiger charge is -2.12. The standard InChI is InChI=1S/C23H20F3N3O3/c24-9-10-31-23(30)28-16-5-3-15(4-6-16)21-19(12-27)18-8-7-17(32-22(25)26)11-20(18)29(21)13-14-1-2-14/h3-8,11,14,22H,1-2,9-10,13H2,(H,28,30). The number of amides is 1. The number of alkyl halides is 3. The van der Waals surface area contributed by atoms with Gasteiger partial charge in [0.25, 0.3) is 0 Å². The second kappa shape index (κ2) is 9.22. The third kappa shape index (κ3) is 4.64. The van der Waals surface area contributed by atoms with Crippen LogP contribution in [0.25, 0.3) is 22.2 Å². The lowest BCUT2D eigenvalue weighted by atomic mass is 10.1. The predicted molar refractivity (Wildman–Crippen MR) is 112 cm³/mol. The number of ether oxygens (including phenoxy) is 2. The molecule has 1 saturated carbocycles. The minimum absolute atomic E-state index is 0.0319. The van der Waals surface area contributed by atoms with E-state index in [1.807, 2.05) is 4.57 Å². The van der Waals surface area contributed by atoms with Gasteiger partial charge in [-0.2, -0.15) is 14.0 Å². The molecule has 6 nitrogen and oxygen atoms in total. The number of carbonyl (C=O) groups excluding carboxylic acids is 1. The molecule has 0 radical (unpaired) electrons. The lowest BCUT2D eigenvalue weighted by Crippen LogP contribution is -2.14. The van der Waals surface area contributed by atoms with Crippen molar-refractivity contribution in [2.75, 3.05) is 18.6 Å². The number of hydrogen-bond donors (Lipinski definition) is 1. The Balaban J connectivity index is 1.73. The van der Waals surface area contributed by atoms with Crippen molar-refractivity contribution in [2.45, 2.75) is 26.0 Å². The van der Waals surface area contributed by atoms with E-state index in [1.54, 1.807) is 30.3 Å². The van der Waals surface area contributed by atoms with Crippen molar-refractivity contribution in [3.63, 3.8) is 0 Å². The number of benzene rings is 2. The summed E-state index contributed by atoms with van der Waals surface area (Å²) in [4.78, 5) is 11.6. The second-order valence-corrected chi connectivity index (χ2v) is 7.47. The summed E-state index contributed by atoms with van der Waals surface area (Å²) in [5.74, 6) is 0.492. The highest BCUT2D eigenvalue weighted by atomic mass is 19.3. The summed E-state index contributed by atoms with van der Waals surface area (Å²) in [5.41, 5.74) is 2.95. The average Bonchev–Trinajstić information content (AvgIpc) is 3.54. The Kier molecular flexibility index (Phi) is 6.21. The molecule has 9 heteroatoms. The van der Waals surface area contributed by atoms with Gasteiger partial charge in [0.1, 0.15) is 25.1 Å². The van der Waals surface area contributed by atoms with E-state index < -0.39 is 19.4 Å². The predicted octanol–water partition coefficient (Wildman–Crippen LogP) is 5.71. The molecule has 4 rings (SSSR count). The van der Waals surface area contributed by atoms with Gasteiger partial charge in [-0.05, 0) is 48.6 Å². The van der Waals surface area contributed by atoms with E-state index in [-0.39, 0.29) is 12.4 Å². The third-order valence-electron chi connectivity index (χ3n) is 5.23. The molecular weight excluding hydrogens is 423 g/mol. The number of fused-ring (bicyclic) bond motifs is 1. The van der Waals surface area contributed by atoms with Gasteiger partial charge in [0, 0.05) is 23.7 Å². The van der Waals surface area contributed by atoms with Crippen LogP contribution in [-0.4, -0.2) is 30.6 Å². The number of hydrogen-bond acceptors (Lipinski definition) is 4. The van der Waals surface area contributed by atoms with Gasteiger partial charge in [-0.15, -0.1) is 0 Å². The summed E-state index contributed by atoms with van der Waals surface area (Å²) < 4.78 is 48.8. The van der Waals surface area contributed by atoms with Gasteiger partial charge in [0.05, 0.1) is 16.8 Å². The van der Waals surface area contributed by atoms with Crippen molar-refractivity contribution >= 4 is 22.7 Å². The minimum atomic E-state index is -2.94. The van der Waals surface area contributed by atoms with Gasteiger partial charge < -0.3 is 14.0 Å². The maximum absolute atomic E-state index is 12.7. The third-order valence-corrected chi connectivity index (χ3v) is 5.23. The minimum Gasteiger partial charge on any atom is -0.447 e. The topological polar surface area (TPSA) is 76.3 Å². The first kappa shape index (κ1) is 21.6. The van der Waals surface area contributed by atoms with Gasteiger partial charge in [0.15, 0.2) is 0 Å². The monoisotopic (exact) mass is 443 g/mol. The normalized spacial score (nSPS) is 13.2. The van der Waals surface area contributed by atoms with Crippen molar-refractivity contribution in [1.82, 2.24) is 4.57 Å². The fourth-order valence-electron chi connectivity index (χ4n) is 3.66. The smallest absolute Gasteiger partial charge is 0.411 e. The molecule has 0 bridgehead atoms. The fourth-order valence-corrected chi connectivity index (χ4v) is 3.66. The molecule has 1 aliphatic rings. The van der Waals surface area contributed by atoms with Crippen LogP contribution in [0.2, 0.25) is 0 Å². The molecule has 1 aliphatic carbocycles. The second-order valence-electron chi connectivity index (χ2n) is 7.47. The van der Waals surface area contributed by atoms with E-state index >= 15 is 0 Å². The van der Waals surface area contributed by atoms with Crippen molar-refractivity contribution in [3.05, 3.63) is 48.0 Å². The van der Waals surface area contributed by atoms with Gasteiger partial charge >= 0.3 is 12.7 Å². The first-order valence-electron chi connectivity index (χ1n) is 10.1. The molecule has 1 amide bonds. The van der Waals surface area contributed by atoms with Crippen LogP contribution < -0.4 is 10.1 Å². The van der Waals surface area contributed by atoms with E-state index in [2.05, 4.69) is 20.9 Å². The molecule has 2 aromatic carbocycles. The van der Waals surface area contributed by atoms with Gasteiger partial charge in [-0.3, -0.25) is 5.32 Å². The molecule has 1 N–H and O–H groups in total. The molecule has 0 aliphatic heterocycles. The highest BCUT2D eigenvalue weighted by Gasteiger charge is 2.27. The molecule has 0 saturated heterocycles. The summed E-state index contributed by atoms with van der Waals surface area (Å²) in [6.07, 6.45) is 1.37. The number of rotatable bonds is 8. The zero-order valence-electron chi connectivity index (χ0n) is 17.0. The molecule has 1 aromatic heterocycles. The first-order chi connectivity index (χ1) is 15.5. The number of nitriles is 1. The van der Waals surface area contributed by atoms with Crippen LogP contribution >= 0.6 is 0 Å². The number of anilines is 1. The number of nitrogens with one attached hydrogen (secondary N) is 1. The lowest BCUT2D eigenvalue weighted by molar-refractivity contribution is -0.0497. The van der Waals surface area contributed by atoms with Crippen molar-refractivity contribution in [1.29, 1.82) is 5.26 Å². The molecule has 3 aromatic rings. The van der Waals surface area contributed by atoms with Gasteiger partial charge in [-0.25, -0.2) is 9.18 Å². The Morgan fingerprint density at radius 3 is 2.59 bits per heavy atom. The average molecular weight is 443 g/mol. The van der Waals surface area contributed by atoms with E-state index in [0.29, 0.717) is 40.3 Å². The Morgan fingerprint density at radius 2 is 1.97 bits per heavy atom. The zero-order chi connectivity index (χ0) is 22.7. The maximum atomic E-state index is 12.7. The summed E-state index contributed by atoms with van der Waals surface area (Å²) in [5, 5.41) is 13.1. The SMILES string of the molecule is N#Cc1c(-c2ccc(NC(=O)OCCF)cc2)n(CC2CC2)c2cc(OC(F)F)ccc12. The van der Waals surface area contributed by atoms with Crippen molar-refractivity contribution < 1.29 is 27.4 Å².